The highest BCUT2D eigenvalue weighted by molar-refractivity contribution is 5.43. The molecule has 0 fully saturated rings. The molecule has 1 aromatic carbocycles. The third kappa shape index (κ3) is 3.85. The summed E-state index contributed by atoms with van der Waals surface area (Å²) >= 11 is 0. The van der Waals surface area contributed by atoms with Crippen LogP contribution in [0.3, 0.4) is 0 Å². The summed E-state index contributed by atoms with van der Waals surface area (Å²) in [6, 6.07) is 4.86. The van der Waals surface area contributed by atoms with Crippen molar-refractivity contribution in [1.82, 2.24) is 5.32 Å². The number of nitro benzene ring substituents is 1. The van der Waals surface area contributed by atoms with Crippen molar-refractivity contribution in [2.75, 3.05) is 7.11 Å². The summed E-state index contributed by atoms with van der Waals surface area (Å²) in [7, 11) is 1.55. The molecule has 98 valence electrons. The lowest BCUT2D eigenvalue weighted by atomic mass is 10.1. The predicted octanol–water partition coefficient (Wildman–Crippen LogP) is 2.66. The minimum atomic E-state index is -0.407. The van der Waals surface area contributed by atoms with Crippen molar-refractivity contribution in [1.29, 1.82) is 0 Å². The lowest BCUT2D eigenvalue weighted by Gasteiger charge is -2.13. The van der Waals surface area contributed by atoms with E-state index in [0.29, 0.717) is 12.3 Å². The molecule has 0 saturated heterocycles. The first kappa shape index (κ1) is 14.2. The van der Waals surface area contributed by atoms with Crippen molar-refractivity contribution >= 4 is 5.69 Å². The van der Waals surface area contributed by atoms with Gasteiger partial charge in [-0.2, -0.15) is 0 Å². The van der Waals surface area contributed by atoms with Crippen LogP contribution in [0.25, 0.3) is 0 Å². The Morgan fingerprint density at radius 3 is 2.89 bits per heavy atom. The number of methoxy groups -OCH3 is 1. The molecular formula is C13H18N2O3. The largest absolute Gasteiger partial charge is 0.496 e. The minimum Gasteiger partial charge on any atom is -0.496 e. The number of hydrogen-bond acceptors (Lipinski definition) is 4. The molecule has 0 aliphatic carbocycles. The zero-order valence-corrected chi connectivity index (χ0v) is 10.7. The van der Waals surface area contributed by atoms with Gasteiger partial charge in [0.05, 0.1) is 12.0 Å². The smallest absolute Gasteiger partial charge is 0.270 e. The maximum Gasteiger partial charge on any atom is 0.270 e. The Kier molecular flexibility index (Phi) is 5.32. The van der Waals surface area contributed by atoms with Gasteiger partial charge in [0.25, 0.3) is 5.69 Å². The van der Waals surface area contributed by atoms with E-state index in [9.17, 15) is 10.1 Å². The number of hydrogen-bond donors (Lipinski definition) is 1. The fourth-order valence-electron chi connectivity index (χ4n) is 1.63. The lowest BCUT2D eigenvalue weighted by Crippen LogP contribution is -2.24. The third-order valence-electron chi connectivity index (χ3n) is 2.64. The maximum absolute atomic E-state index is 10.7. The Hall–Kier alpha value is -1.88. The summed E-state index contributed by atoms with van der Waals surface area (Å²) in [5.41, 5.74) is 0.853. The van der Waals surface area contributed by atoms with Crippen LogP contribution in [0.15, 0.2) is 30.9 Å². The molecule has 0 radical (unpaired) electrons. The van der Waals surface area contributed by atoms with Gasteiger partial charge in [-0.1, -0.05) is 6.08 Å². The summed E-state index contributed by atoms with van der Waals surface area (Å²) in [4.78, 5) is 10.3. The molecule has 0 bridgehead atoms. The highest BCUT2D eigenvalue weighted by Gasteiger charge is 2.11. The first-order valence-corrected chi connectivity index (χ1v) is 5.74. The highest BCUT2D eigenvalue weighted by atomic mass is 16.6. The summed E-state index contributed by atoms with van der Waals surface area (Å²) in [6.07, 6.45) is 2.68. The molecule has 0 aromatic heterocycles. The molecule has 1 atom stereocenters. The number of nitro groups is 1. The van der Waals surface area contributed by atoms with Crippen LogP contribution < -0.4 is 10.1 Å². The summed E-state index contributed by atoms with van der Waals surface area (Å²) in [6.45, 7) is 6.23. The summed E-state index contributed by atoms with van der Waals surface area (Å²) < 4.78 is 5.19. The van der Waals surface area contributed by atoms with Crippen molar-refractivity contribution in [3.8, 4) is 5.75 Å². The van der Waals surface area contributed by atoms with Crippen LogP contribution in [0.1, 0.15) is 18.9 Å². The van der Waals surface area contributed by atoms with Crippen LogP contribution in [0, 0.1) is 10.1 Å². The molecule has 5 heteroatoms. The van der Waals surface area contributed by atoms with Gasteiger partial charge in [-0.15, -0.1) is 6.58 Å². The van der Waals surface area contributed by atoms with E-state index in [-0.39, 0.29) is 11.7 Å². The second kappa shape index (κ2) is 6.76. The van der Waals surface area contributed by atoms with Gasteiger partial charge in [0.2, 0.25) is 0 Å². The molecule has 1 rings (SSSR count). The van der Waals surface area contributed by atoms with Crippen LogP contribution in [0.4, 0.5) is 5.69 Å². The van der Waals surface area contributed by atoms with Crippen LogP contribution in [0.2, 0.25) is 0 Å². The predicted molar refractivity (Wildman–Crippen MR) is 70.8 cm³/mol. The van der Waals surface area contributed by atoms with Crippen molar-refractivity contribution < 1.29 is 9.66 Å². The lowest BCUT2D eigenvalue weighted by molar-refractivity contribution is -0.384. The van der Waals surface area contributed by atoms with E-state index in [1.54, 1.807) is 13.2 Å². The standard InChI is InChI=1S/C13H18N2O3/c1-4-5-10(2)14-9-11-8-12(15(16)17)6-7-13(11)18-3/h4,6-8,10,14H,1,5,9H2,2-3H3. The van der Waals surface area contributed by atoms with Gasteiger partial charge < -0.3 is 10.1 Å². The van der Waals surface area contributed by atoms with E-state index >= 15 is 0 Å². The fraction of sp³-hybridized carbons (Fsp3) is 0.385. The van der Waals surface area contributed by atoms with Crippen molar-refractivity contribution in [3.05, 3.63) is 46.5 Å². The molecule has 0 spiro atoms. The van der Waals surface area contributed by atoms with Crippen LogP contribution in [-0.2, 0) is 6.54 Å². The van der Waals surface area contributed by atoms with Gasteiger partial charge in [-0.05, 0) is 19.4 Å². The molecule has 1 aromatic rings. The highest BCUT2D eigenvalue weighted by Crippen LogP contribution is 2.23. The normalized spacial score (nSPS) is 11.9. The van der Waals surface area contributed by atoms with E-state index in [0.717, 1.165) is 12.0 Å². The summed E-state index contributed by atoms with van der Waals surface area (Å²) in [5.74, 6) is 0.652. The Bertz CT molecular complexity index is 432. The molecule has 0 heterocycles. The summed E-state index contributed by atoms with van der Waals surface area (Å²) in [5, 5.41) is 14.0. The number of nitrogens with zero attached hydrogens (tertiary/aromatic N) is 1. The maximum atomic E-state index is 10.7. The molecular weight excluding hydrogens is 232 g/mol. The zero-order valence-electron chi connectivity index (χ0n) is 10.7. The van der Waals surface area contributed by atoms with E-state index in [2.05, 4.69) is 11.9 Å². The first-order chi connectivity index (χ1) is 8.58. The molecule has 0 amide bonds. The topological polar surface area (TPSA) is 64.4 Å². The molecule has 0 aliphatic heterocycles. The molecule has 5 nitrogen and oxygen atoms in total. The van der Waals surface area contributed by atoms with Gasteiger partial charge in [0.15, 0.2) is 0 Å². The monoisotopic (exact) mass is 250 g/mol. The minimum absolute atomic E-state index is 0.0731. The third-order valence-corrected chi connectivity index (χ3v) is 2.64. The molecule has 18 heavy (non-hydrogen) atoms. The van der Waals surface area contributed by atoms with Gasteiger partial charge in [0, 0.05) is 30.3 Å². The molecule has 0 aliphatic rings. The Balaban J connectivity index is 2.81. The number of ether oxygens (including phenoxy) is 1. The van der Waals surface area contributed by atoms with Crippen LogP contribution in [-0.4, -0.2) is 18.1 Å². The average molecular weight is 250 g/mol. The average Bonchev–Trinajstić information content (AvgIpc) is 2.36. The number of nitrogens with one attached hydrogen (secondary N) is 1. The Morgan fingerprint density at radius 2 is 2.33 bits per heavy atom. The molecule has 0 saturated carbocycles. The van der Waals surface area contributed by atoms with Gasteiger partial charge >= 0.3 is 0 Å². The molecule has 1 N–H and O–H groups in total. The van der Waals surface area contributed by atoms with Crippen LogP contribution >= 0.6 is 0 Å². The van der Waals surface area contributed by atoms with E-state index in [1.807, 2.05) is 13.0 Å². The fourth-order valence-corrected chi connectivity index (χ4v) is 1.63. The van der Waals surface area contributed by atoms with E-state index < -0.39 is 4.92 Å². The quantitative estimate of drug-likeness (QED) is 0.459. The molecule has 1 unspecified atom stereocenters. The van der Waals surface area contributed by atoms with Gasteiger partial charge in [0.1, 0.15) is 5.75 Å². The van der Waals surface area contributed by atoms with Crippen LogP contribution in [0.5, 0.6) is 5.75 Å². The first-order valence-electron chi connectivity index (χ1n) is 5.74. The number of rotatable bonds is 7. The second-order valence-corrected chi connectivity index (χ2v) is 4.06. The van der Waals surface area contributed by atoms with E-state index in [4.69, 9.17) is 4.74 Å². The van der Waals surface area contributed by atoms with Crippen molar-refractivity contribution in [3.63, 3.8) is 0 Å². The van der Waals surface area contributed by atoms with Crippen molar-refractivity contribution in [2.24, 2.45) is 0 Å². The van der Waals surface area contributed by atoms with Crippen molar-refractivity contribution in [2.45, 2.75) is 25.9 Å². The van der Waals surface area contributed by atoms with E-state index in [1.165, 1.54) is 12.1 Å². The number of non-ortho nitro benzene ring substituents is 1. The second-order valence-electron chi connectivity index (χ2n) is 4.06. The Labute approximate surface area is 107 Å². The van der Waals surface area contributed by atoms with Gasteiger partial charge in [-0.25, -0.2) is 0 Å². The van der Waals surface area contributed by atoms with Gasteiger partial charge in [-0.3, -0.25) is 10.1 Å². The SMILES string of the molecule is C=CCC(C)NCc1cc([N+](=O)[O-])ccc1OC. The Morgan fingerprint density at radius 1 is 1.61 bits per heavy atom. The zero-order chi connectivity index (χ0) is 13.5. The number of benzene rings is 1.